The van der Waals surface area contributed by atoms with Crippen LogP contribution in [0.15, 0.2) is 76.9 Å². The summed E-state index contributed by atoms with van der Waals surface area (Å²) in [5.74, 6) is -0.00187. The van der Waals surface area contributed by atoms with Gasteiger partial charge in [-0.25, -0.2) is 4.98 Å². The molecule has 4 rings (SSSR count). The number of nitrogens with zero attached hydrogens (tertiary/aromatic N) is 3. The van der Waals surface area contributed by atoms with E-state index in [0.29, 0.717) is 27.9 Å². The maximum absolute atomic E-state index is 12.6. The van der Waals surface area contributed by atoms with Crippen molar-refractivity contribution < 1.29 is 14.1 Å². The third-order valence-electron chi connectivity index (χ3n) is 4.72. The Morgan fingerprint density at radius 2 is 2.06 bits per heavy atom. The van der Waals surface area contributed by atoms with Gasteiger partial charge in [0.1, 0.15) is 23.2 Å². The van der Waals surface area contributed by atoms with Gasteiger partial charge in [0.2, 0.25) is 0 Å². The standard InChI is InChI=1S/C24H15ClN4O4S/c25-21-7-2-1-4-15(21)12-20-14-27-24(34-20)28-23(30)17(13-26)11-19-8-9-22(33-19)16-5-3-6-18(10-16)29(31)32/h1-11,14H,12H2,(H,27,28,30). The first-order valence-corrected chi connectivity index (χ1v) is 11.1. The molecular formula is C24H15ClN4O4S. The van der Waals surface area contributed by atoms with Crippen LogP contribution in [0.25, 0.3) is 17.4 Å². The van der Waals surface area contributed by atoms with E-state index in [-0.39, 0.29) is 17.0 Å². The number of amides is 1. The van der Waals surface area contributed by atoms with Crippen LogP contribution in [0.1, 0.15) is 16.2 Å². The maximum Gasteiger partial charge on any atom is 0.270 e. The average Bonchev–Trinajstić information content (AvgIpc) is 3.48. The zero-order valence-electron chi connectivity index (χ0n) is 17.4. The summed E-state index contributed by atoms with van der Waals surface area (Å²) in [5.41, 5.74) is 1.20. The van der Waals surface area contributed by atoms with Crippen LogP contribution in [-0.4, -0.2) is 15.8 Å². The van der Waals surface area contributed by atoms with Crippen molar-refractivity contribution in [2.24, 2.45) is 0 Å². The maximum atomic E-state index is 12.6. The fourth-order valence-electron chi connectivity index (χ4n) is 3.09. The fraction of sp³-hybridized carbons (Fsp3) is 0.0417. The van der Waals surface area contributed by atoms with Crippen molar-refractivity contribution in [3.8, 4) is 17.4 Å². The highest BCUT2D eigenvalue weighted by atomic mass is 35.5. The van der Waals surface area contributed by atoms with E-state index in [9.17, 15) is 20.2 Å². The van der Waals surface area contributed by atoms with Gasteiger partial charge in [0.25, 0.3) is 11.6 Å². The molecule has 0 bridgehead atoms. The molecule has 2 aromatic carbocycles. The largest absolute Gasteiger partial charge is 0.457 e. The van der Waals surface area contributed by atoms with E-state index in [1.807, 2.05) is 30.3 Å². The summed E-state index contributed by atoms with van der Waals surface area (Å²) >= 11 is 7.48. The second-order valence-electron chi connectivity index (χ2n) is 7.03. The molecule has 0 aliphatic rings. The van der Waals surface area contributed by atoms with Crippen LogP contribution in [0.3, 0.4) is 0 Å². The predicted octanol–water partition coefficient (Wildman–Crippen LogP) is 6.10. The number of non-ortho nitro benzene ring substituents is 1. The molecular weight excluding hydrogens is 476 g/mol. The molecule has 1 amide bonds. The van der Waals surface area contributed by atoms with Crippen LogP contribution in [0.4, 0.5) is 10.8 Å². The number of anilines is 1. The fourth-order valence-corrected chi connectivity index (χ4v) is 4.12. The lowest BCUT2D eigenvalue weighted by Gasteiger charge is -2.01. The van der Waals surface area contributed by atoms with Crippen LogP contribution >= 0.6 is 22.9 Å². The molecule has 34 heavy (non-hydrogen) atoms. The van der Waals surface area contributed by atoms with Gasteiger partial charge in [-0.2, -0.15) is 5.26 Å². The van der Waals surface area contributed by atoms with E-state index < -0.39 is 10.8 Å². The Kier molecular flexibility index (Phi) is 6.82. The molecule has 0 aliphatic heterocycles. The van der Waals surface area contributed by atoms with Gasteiger partial charge >= 0.3 is 0 Å². The van der Waals surface area contributed by atoms with E-state index in [1.54, 1.807) is 30.5 Å². The zero-order valence-corrected chi connectivity index (χ0v) is 19.0. The molecule has 0 aliphatic carbocycles. The Morgan fingerprint density at radius 1 is 1.24 bits per heavy atom. The number of furan rings is 1. The minimum atomic E-state index is -0.630. The lowest BCUT2D eigenvalue weighted by molar-refractivity contribution is -0.384. The number of nitrogens with one attached hydrogen (secondary N) is 1. The van der Waals surface area contributed by atoms with Crippen molar-refractivity contribution >= 4 is 45.7 Å². The molecule has 0 fully saturated rings. The summed E-state index contributed by atoms with van der Waals surface area (Å²) in [6, 6.07) is 18.5. The number of halogens is 1. The highest BCUT2D eigenvalue weighted by molar-refractivity contribution is 7.15. The Balaban J connectivity index is 1.46. The first-order chi connectivity index (χ1) is 16.4. The first-order valence-electron chi connectivity index (χ1n) is 9.89. The number of hydrogen-bond donors (Lipinski definition) is 1. The average molecular weight is 491 g/mol. The monoisotopic (exact) mass is 490 g/mol. The number of rotatable bonds is 7. The molecule has 2 aromatic heterocycles. The predicted molar refractivity (Wildman–Crippen MR) is 129 cm³/mol. The van der Waals surface area contributed by atoms with E-state index in [2.05, 4.69) is 10.3 Å². The van der Waals surface area contributed by atoms with E-state index >= 15 is 0 Å². The van der Waals surface area contributed by atoms with Gasteiger partial charge in [0, 0.05) is 46.3 Å². The summed E-state index contributed by atoms with van der Waals surface area (Å²) in [4.78, 5) is 28.2. The van der Waals surface area contributed by atoms with E-state index in [1.165, 1.54) is 29.5 Å². The Bertz CT molecular complexity index is 1450. The van der Waals surface area contributed by atoms with Crippen LogP contribution in [-0.2, 0) is 11.2 Å². The third-order valence-corrected chi connectivity index (χ3v) is 6.00. The van der Waals surface area contributed by atoms with Crippen molar-refractivity contribution in [1.29, 1.82) is 5.26 Å². The van der Waals surface area contributed by atoms with Crippen molar-refractivity contribution in [1.82, 2.24) is 4.98 Å². The molecule has 2 heterocycles. The van der Waals surface area contributed by atoms with Gasteiger partial charge in [-0.05, 0) is 23.8 Å². The number of nitro benzene ring substituents is 1. The van der Waals surface area contributed by atoms with Crippen LogP contribution in [0.5, 0.6) is 0 Å². The molecule has 8 nitrogen and oxygen atoms in total. The Hall–Kier alpha value is -4.26. The number of carbonyl (C=O) groups is 1. The summed E-state index contributed by atoms with van der Waals surface area (Å²) in [6.07, 6.45) is 3.52. The van der Waals surface area contributed by atoms with Crippen molar-refractivity contribution in [3.05, 3.63) is 104 Å². The molecule has 0 radical (unpaired) electrons. The Morgan fingerprint density at radius 3 is 2.82 bits per heavy atom. The van der Waals surface area contributed by atoms with Crippen LogP contribution in [0.2, 0.25) is 5.02 Å². The molecule has 0 spiro atoms. The van der Waals surface area contributed by atoms with Crippen LogP contribution in [0, 0.1) is 21.4 Å². The minimum Gasteiger partial charge on any atom is -0.457 e. The first kappa shape index (κ1) is 22.9. The number of benzene rings is 2. The topological polar surface area (TPSA) is 122 Å². The highest BCUT2D eigenvalue weighted by Gasteiger charge is 2.15. The molecule has 168 valence electrons. The molecule has 0 unspecified atom stereocenters. The molecule has 0 saturated carbocycles. The van der Waals surface area contributed by atoms with Gasteiger partial charge < -0.3 is 4.42 Å². The molecule has 0 saturated heterocycles. The van der Waals surface area contributed by atoms with Crippen molar-refractivity contribution in [3.63, 3.8) is 0 Å². The number of hydrogen-bond acceptors (Lipinski definition) is 7. The molecule has 0 atom stereocenters. The highest BCUT2D eigenvalue weighted by Crippen LogP contribution is 2.27. The van der Waals surface area contributed by atoms with Gasteiger partial charge in [-0.3, -0.25) is 20.2 Å². The second kappa shape index (κ2) is 10.1. The molecule has 10 heteroatoms. The quantitative estimate of drug-likeness (QED) is 0.144. The number of carbonyl (C=O) groups excluding carboxylic acids is 1. The van der Waals surface area contributed by atoms with Crippen molar-refractivity contribution in [2.75, 3.05) is 5.32 Å². The second-order valence-corrected chi connectivity index (χ2v) is 8.56. The molecule has 4 aromatic rings. The van der Waals surface area contributed by atoms with Gasteiger partial charge in [0.05, 0.1) is 4.92 Å². The zero-order chi connectivity index (χ0) is 24.1. The SMILES string of the molecule is N#CC(=Cc1ccc(-c2cccc([N+](=O)[O-])c2)o1)C(=O)Nc1ncc(Cc2ccccc2Cl)s1. The number of nitro groups is 1. The summed E-state index contributed by atoms with van der Waals surface area (Å²) in [5, 5.41) is 24.1. The van der Waals surface area contributed by atoms with Gasteiger partial charge in [-0.1, -0.05) is 41.9 Å². The van der Waals surface area contributed by atoms with Gasteiger partial charge in [0.15, 0.2) is 5.13 Å². The number of thiazole rings is 1. The summed E-state index contributed by atoms with van der Waals surface area (Å²) in [7, 11) is 0. The van der Waals surface area contributed by atoms with E-state index in [4.69, 9.17) is 16.0 Å². The van der Waals surface area contributed by atoms with Crippen molar-refractivity contribution in [2.45, 2.75) is 6.42 Å². The number of aromatic nitrogens is 1. The lowest BCUT2D eigenvalue weighted by Crippen LogP contribution is -2.13. The number of nitriles is 1. The minimum absolute atomic E-state index is 0.0690. The summed E-state index contributed by atoms with van der Waals surface area (Å²) in [6.45, 7) is 0. The van der Waals surface area contributed by atoms with E-state index in [0.717, 1.165) is 10.4 Å². The smallest absolute Gasteiger partial charge is 0.270 e. The Labute approximate surface area is 202 Å². The third kappa shape index (κ3) is 5.38. The lowest BCUT2D eigenvalue weighted by atomic mass is 10.1. The normalized spacial score (nSPS) is 11.1. The van der Waals surface area contributed by atoms with Crippen LogP contribution < -0.4 is 5.32 Å². The molecule has 1 N–H and O–H groups in total. The summed E-state index contributed by atoms with van der Waals surface area (Å²) < 4.78 is 5.66. The van der Waals surface area contributed by atoms with Gasteiger partial charge in [-0.15, -0.1) is 11.3 Å².